The van der Waals surface area contributed by atoms with Gasteiger partial charge >= 0.3 is 0 Å². The van der Waals surface area contributed by atoms with Crippen LogP contribution in [0.2, 0.25) is 0 Å². The van der Waals surface area contributed by atoms with Crippen molar-refractivity contribution in [3.05, 3.63) is 57.3 Å². The number of carbonyl (C=O) groups is 2. The molecule has 3 aromatic rings. The summed E-state index contributed by atoms with van der Waals surface area (Å²) in [6.45, 7) is 3.06. The van der Waals surface area contributed by atoms with Gasteiger partial charge in [-0.15, -0.1) is 0 Å². The van der Waals surface area contributed by atoms with Gasteiger partial charge in [-0.2, -0.15) is 0 Å². The lowest BCUT2D eigenvalue weighted by atomic mass is 10.1. The molecule has 0 spiro atoms. The Morgan fingerprint density at radius 2 is 2.23 bits per heavy atom. The average molecular weight is 409 g/mol. The zero-order valence-corrected chi connectivity index (χ0v) is 16.1. The van der Waals surface area contributed by atoms with Crippen LogP contribution in [0.4, 0.5) is 0 Å². The van der Waals surface area contributed by atoms with Crippen molar-refractivity contribution in [1.29, 1.82) is 0 Å². The molecule has 2 aliphatic rings. The first-order valence-corrected chi connectivity index (χ1v) is 9.55. The fourth-order valence-electron chi connectivity index (χ4n) is 3.90. The molecule has 1 aromatic carbocycles. The minimum Gasteiger partial charge on any atom is -0.503 e. The van der Waals surface area contributed by atoms with Gasteiger partial charge in [0.15, 0.2) is 17.7 Å². The Balaban J connectivity index is 1.41. The first-order valence-electron chi connectivity index (χ1n) is 9.55. The third-order valence-electron chi connectivity index (χ3n) is 5.41. The van der Waals surface area contributed by atoms with Gasteiger partial charge in [0, 0.05) is 12.7 Å². The molecule has 2 amide bonds. The number of benzene rings is 1. The van der Waals surface area contributed by atoms with Crippen molar-refractivity contribution in [2.45, 2.75) is 26.2 Å². The summed E-state index contributed by atoms with van der Waals surface area (Å²) >= 11 is 0. The number of hydrogen-bond donors (Lipinski definition) is 3. The van der Waals surface area contributed by atoms with Gasteiger partial charge in [0.25, 0.3) is 11.8 Å². The second-order valence-electron chi connectivity index (χ2n) is 7.43. The van der Waals surface area contributed by atoms with Gasteiger partial charge in [-0.05, 0) is 24.6 Å². The number of nitrogens with one attached hydrogen (secondary N) is 2. The number of imidazole rings is 1. The largest absolute Gasteiger partial charge is 0.503 e. The first-order chi connectivity index (χ1) is 14.4. The number of aromatic hydroxyl groups is 1. The van der Waals surface area contributed by atoms with Crippen LogP contribution in [0.5, 0.6) is 5.75 Å². The van der Waals surface area contributed by atoms with Crippen molar-refractivity contribution < 1.29 is 19.4 Å². The normalized spacial score (nSPS) is 17.8. The molecular formula is C20H19N5O5. The molecule has 4 heterocycles. The molecule has 0 saturated carbocycles. The number of nitrogens with zero attached hydrogens (tertiary/aromatic N) is 3. The van der Waals surface area contributed by atoms with Crippen molar-refractivity contribution in [2.75, 3.05) is 13.2 Å². The maximum absolute atomic E-state index is 12.7. The van der Waals surface area contributed by atoms with E-state index in [1.54, 1.807) is 0 Å². The van der Waals surface area contributed by atoms with Crippen LogP contribution in [0.25, 0.3) is 11.0 Å². The Hall–Kier alpha value is -3.66. The molecule has 0 aliphatic carbocycles. The third kappa shape index (κ3) is 2.84. The number of carbonyl (C=O) groups excluding carboxylic acids is 2. The van der Waals surface area contributed by atoms with Gasteiger partial charge in [-0.3, -0.25) is 14.4 Å². The van der Waals surface area contributed by atoms with E-state index >= 15 is 0 Å². The van der Waals surface area contributed by atoms with Gasteiger partial charge in [-0.1, -0.05) is 6.07 Å². The van der Waals surface area contributed by atoms with E-state index in [1.807, 2.05) is 25.1 Å². The molecule has 1 fully saturated rings. The van der Waals surface area contributed by atoms with Crippen molar-refractivity contribution in [2.24, 2.45) is 0 Å². The van der Waals surface area contributed by atoms with Crippen LogP contribution in [0.15, 0.2) is 29.2 Å². The minimum absolute atomic E-state index is 0.0763. The number of aryl methyl sites for hydroxylation is 1. The summed E-state index contributed by atoms with van der Waals surface area (Å²) in [6.07, 6.45) is 0.827. The summed E-state index contributed by atoms with van der Waals surface area (Å²) in [5.74, 6) is -1.33. The molecule has 10 heteroatoms. The maximum Gasteiger partial charge on any atom is 0.276 e. The Kier molecular flexibility index (Phi) is 4.10. The van der Waals surface area contributed by atoms with Gasteiger partial charge < -0.3 is 29.6 Å². The van der Waals surface area contributed by atoms with Crippen LogP contribution >= 0.6 is 0 Å². The lowest BCUT2D eigenvalue weighted by molar-refractivity contribution is 0.00845. The SMILES string of the molecule is Cc1ccc2[nH]c(CNC(=O)c3cn4c(c(O)c3=O)C(=O)N3CCOC3C4)nc2c1. The summed E-state index contributed by atoms with van der Waals surface area (Å²) in [5.41, 5.74) is 1.45. The zero-order chi connectivity index (χ0) is 21.0. The van der Waals surface area contributed by atoms with Crippen molar-refractivity contribution in [3.8, 4) is 5.75 Å². The van der Waals surface area contributed by atoms with Gasteiger partial charge in [0.1, 0.15) is 11.4 Å². The Bertz CT molecular complexity index is 1260. The molecule has 3 N–H and O–H groups in total. The monoisotopic (exact) mass is 409 g/mol. The number of H-pyrrole nitrogens is 1. The summed E-state index contributed by atoms with van der Waals surface area (Å²) in [6, 6.07) is 5.79. The molecule has 154 valence electrons. The van der Waals surface area contributed by atoms with Crippen molar-refractivity contribution in [3.63, 3.8) is 0 Å². The van der Waals surface area contributed by atoms with E-state index in [4.69, 9.17) is 4.74 Å². The first kappa shape index (κ1) is 18.4. The molecule has 5 rings (SSSR count). The van der Waals surface area contributed by atoms with Crippen LogP contribution < -0.4 is 10.7 Å². The Labute approximate surface area is 170 Å². The van der Waals surface area contributed by atoms with E-state index in [9.17, 15) is 19.5 Å². The average Bonchev–Trinajstić information content (AvgIpc) is 3.35. The number of hydrogen-bond acceptors (Lipinski definition) is 6. The highest BCUT2D eigenvalue weighted by atomic mass is 16.5. The molecule has 1 atom stereocenters. The quantitative estimate of drug-likeness (QED) is 0.577. The van der Waals surface area contributed by atoms with Crippen LogP contribution in [0.1, 0.15) is 32.2 Å². The molecule has 1 saturated heterocycles. The summed E-state index contributed by atoms with van der Waals surface area (Å²) in [5, 5.41) is 13.0. The van der Waals surface area contributed by atoms with E-state index in [2.05, 4.69) is 15.3 Å². The van der Waals surface area contributed by atoms with Crippen LogP contribution in [0, 0.1) is 6.92 Å². The smallest absolute Gasteiger partial charge is 0.276 e. The molecule has 0 radical (unpaired) electrons. The Morgan fingerprint density at radius 3 is 3.07 bits per heavy atom. The van der Waals surface area contributed by atoms with E-state index in [0.29, 0.717) is 19.0 Å². The lowest BCUT2D eigenvalue weighted by Crippen LogP contribution is -2.46. The standard InChI is InChI=1S/C20H19N5O5/c1-10-2-3-12-13(6-10)23-14(22-12)7-21-19(28)11-8-24-9-15-25(4-5-30-15)20(29)16(24)18(27)17(11)26/h2-3,6,8,15,27H,4-5,7,9H2,1H3,(H,21,28)(H,22,23). The molecule has 1 unspecified atom stereocenters. The van der Waals surface area contributed by atoms with Crippen LogP contribution in [0.3, 0.4) is 0 Å². The number of aromatic amines is 1. The number of aromatic nitrogens is 3. The van der Waals surface area contributed by atoms with Crippen molar-refractivity contribution in [1.82, 2.24) is 24.8 Å². The predicted octanol–water partition coefficient (Wildman–Crippen LogP) is 0.481. The molecule has 30 heavy (non-hydrogen) atoms. The highest BCUT2D eigenvalue weighted by Gasteiger charge is 2.39. The summed E-state index contributed by atoms with van der Waals surface area (Å²) < 4.78 is 6.92. The minimum atomic E-state index is -0.883. The van der Waals surface area contributed by atoms with E-state index in [-0.39, 0.29) is 24.3 Å². The second kappa shape index (κ2) is 6.70. The number of fused-ring (bicyclic) bond motifs is 3. The van der Waals surface area contributed by atoms with E-state index < -0.39 is 29.2 Å². The summed E-state index contributed by atoms with van der Waals surface area (Å²) in [7, 11) is 0. The third-order valence-corrected chi connectivity index (χ3v) is 5.41. The fourth-order valence-corrected chi connectivity index (χ4v) is 3.90. The molecular weight excluding hydrogens is 390 g/mol. The molecule has 2 aliphatic heterocycles. The van der Waals surface area contributed by atoms with Crippen LogP contribution in [-0.2, 0) is 17.8 Å². The van der Waals surface area contributed by atoms with E-state index in [0.717, 1.165) is 16.6 Å². The maximum atomic E-state index is 12.7. The number of rotatable bonds is 3. The zero-order valence-electron chi connectivity index (χ0n) is 16.1. The van der Waals surface area contributed by atoms with Gasteiger partial charge in [0.05, 0.1) is 30.7 Å². The predicted molar refractivity (Wildman–Crippen MR) is 105 cm³/mol. The van der Waals surface area contributed by atoms with Gasteiger partial charge in [0.2, 0.25) is 5.43 Å². The van der Waals surface area contributed by atoms with E-state index in [1.165, 1.54) is 15.7 Å². The number of amides is 2. The fraction of sp³-hybridized carbons (Fsp3) is 0.300. The van der Waals surface area contributed by atoms with Crippen molar-refractivity contribution >= 4 is 22.8 Å². The number of ether oxygens (including phenoxy) is 1. The topological polar surface area (TPSA) is 130 Å². The highest BCUT2D eigenvalue weighted by molar-refractivity contribution is 5.99. The molecule has 0 bridgehead atoms. The van der Waals surface area contributed by atoms with Gasteiger partial charge in [-0.25, -0.2) is 4.98 Å². The molecule has 10 nitrogen and oxygen atoms in total. The number of pyridine rings is 1. The molecule has 2 aromatic heterocycles. The summed E-state index contributed by atoms with van der Waals surface area (Å²) in [4.78, 5) is 46.8. The highest BCUT2D eigenvalue weighted by Crippen LogP contribution is 2.26. The lowest BCUT2D eigenvalue weighted by Gasteiger charge is -2.31. The van der Waals surface area contributed by atoms with Crippen LogP contribution in [-0.4, -0.2) is 55.7 Å². The Morgan fingerprint density at radius 1 is 1.40 bits per heavy atom. The second-order valence-corrected chi connectivity index (χ2v) is 7.43.